The summed E-state index contributed by atoms with van der Waals surface area (Å²) in [5.74, 6) is 0.579. The molecule has 1 aliphatic carbocycles. The van der Waals surface area contributed by atoms with Crippen LogP contribution in [0.3, 0.4) is 0 Å². The van der Waals surface area contributed by atoms with E-state index in [0.717, 1.165) is 43.9 Å². The van der Waals surface area contributed by atoms with Crippen LogP contribution in [0, 0.1) is 0 Å². The standard InChI is InChI=1S/C19H28N4O5S/c1-29(25,26)22-16-3-2-8-23-17(16)10-27-14-6-4-13(5-7-14)15-9-20-12-21-19(15)28-11-18(23)24/h9,12-14,16-17,22H,2-8,10-11H2,1H3/t13?,14?,16-,17?/m0/s1. The lowest BCUT2D eigenvalue weighted by Crippen LogP contribution is -2.59. The lowest BCUT2D eigenvalue weighted by molar-refractivity contribution is -0.140. The maximum Gasteiger partial charge on any atom is 0.260 e. The van der Waals surface area contributed by atoms with Crippen molar-refractivity contribution in [3.8, 4) is 5.88 Å². The van der Waals surface area contributed by atoms with Gasteiger partial charge in [0.1, 0.15) is 6.33 Å². The smallest absolute Gasteiger partial charge is 0.260 e. The lowest BCUT2D eigenvalue weighted by Gasteiger charge is -2.41. The predicted molar refractivity (Wildman–Crippen MR) is 105 cm³/mol. The molecule has 0 spiro atoms. The summed E-state index contributed by atoms with van der Waals surface area (Å²) in [5, 5.41) is 0. The molecule has 5 rings (SSSR count). The van der Waals surface area contributed by atoms with Crippen LogP contribution in [-0.2, 0) is 19.6 Å². The highest BCUT2D eigenvalue weighted by atomic mass is 32.2. The summed E-state index contributed by atoms with van der Waals surface area (Å²) >= 11 is 0. The van der Waals surface area contributed by atoms with E-state index in [9.17, 15) is 13.2 Å². The third kappa shape index (κ3) is 4.87. The second-order valence-electron chi connectivity index (χ2n) is 8.17. The summed E-state index contributed by atoms with van der Waals surface area (Å²) in [7, 11) is -3.39. The largest absolute Gasteiger partial charge is 0.467 e. The lowest BCUT2D eigenvalue weighted by atomic mass is 9.83. The minimum absolute atomic E-state index is 0.110. The van der Waals surface area contributed by atoms with Gasteiger partial charge in [-0.25, -0.2) is 23.1 Å². The van der Waals surface area contributed by atoms with Crippen LogP contribution in [0.2, 0.25) is 0 Å². The third-order valence-corrected chi connectivity index (χ3v) is 6.85. The number of carbonyl (C=O) groups excluding carboxylic acids is 1. The molecular weight excluding hydrogens is 396 g/mol. The van der Waals surface area contributed by atoms with E-state index < -0.39 is 10.0 Å². The first-order valence-corrected chi connectivity index (χ1v) is 12.1. The highest BCUT2D eigenvalue weighted by molar-refractivity contribution is 7.88. The van der Waals surface area contributed by atoms with Gasteiger partial charge in [-0.1, -0.05) is 0 Å². The summed E-state index contributed by atoms with van der Waals surface area (Å²) in [5.41, 5.74) is 0.949. The fourth-order valence-corrected chi connectivity index (χ4v) is 5.53. The summed E-state index contributed by atoms with van der Waals surface area (Å²) < 4.78 is 38.4. The molecule has 1 aromatic rings. The fraction of sp³-hybridized carbons (Fsp3) is 0.737. The van der Waals surface area contributed by atoms with E-state index in [2.05, 4.69) is 14.7 Å². The molecule has 1 saturated carbocycles. The van der Waals surface area contributed by atoms with Gasteiger partial charge in [0.2, 0.25) is 15.9 Å². The zero-order valence-corrected chi connectivity index (χ0v) is 17.4. The molecule has 4 aliphatic rings. The Morgan fingerprint density at radius 1 is 1.21 bits per heavy atom. The Bertz CT molecular complexity index is 841. The minimum atomic E-state index is -3.39. The van der Waals surface area contributed by atoms with Crippen molar-refractivity contribution in [1.29, 1.82) is 0 Å². The molecule has 0 aromatic carbocycles. The first-order valence-electron chi connectivity index (χ1n) is 10.2. The van der Waals surface area contributed by atoms with Crippen molar-refractivity contribution >= 4 is 15.9 Å². The highest BCUT2D eigenvalue weighted by Gasteiger charge is 2.37. The molecular formula is C19H28N4O5S. The first kappa shape index (κ1) is 20.5. The van der Waals surface area contributed by atoms with Gasteiger partial charge in [0.15, 0.2) is 6.61 Å². The molecule has 1 unspecified atom stereocenters. The maximum absolute atomic E-state index is 13.0. The van der Waals surface area contributed by atoms with Crippen LogP contribution in [0.25, 0.3) is 0 Å². The van der Waals surface area contributed by atoms with Crippen LogP contribution in [0.15, 0.2) is 12.5 Å². The maximum atomic E-state index is 13.0. The summed E-state index contributed by atoms with van der Waals surface area (Å²) in [6.07, 6.45) is 9.58. The topological polar surface area (TPSA) is 111 Å². The van der Waals surface area contributed by atoms with Gasteiger partial charge in [-0.3, -0.25) is 4.79 Å². The van der Waals surface area contributed by atoms with Gasteiger partial charge < -0.3 is 14.4 Å². The van der Waals surface area contributed by atoms with Crippen LogP contribution < -0.4 is 9.46 Å². The van der Waals surface area contributed by atoms with Crippen molar-refractivity contribution in [3.63, 3.8) is 0 Å². The molecule has 1 aromatic heterocycles. The summed E-state index contributed by atoms with van der Waals surface area (Å²) in [6, 6.07) is -0.711. The van der Waals surface area contributed by atoms with Crippen LogP contribution in [-0.4, -0.2) is 73.4 Å². The Balaban J connectivity index is 1.61. The molecule has 4 heterocycles. The molecule has 2 atom stereocenters. The van der Waals surface area contributed by atoms with E-state index in [1.165, 1.54) is 6.33 Å². The number of hydrogen-bond donors (Lipinski definition) is 1. The molecule has 1 saturated heterocycles. The van der Waals surface area contributed by atoms with E-state index in [1.807, 2.05) is 0 Å². The van der Waals surface area contributed by atoms with Crippen LogP contribution >= 0.6 is 0 Å². The molecule has 29 heavy (non-hydrogen) atoms. The van der Waals surface area contributed by atoms with E-state index in [1.54, 1.807) is 11.1 Å². The Kier molecular flexibility index (Phi) is 6.03. The van der Waals surface area contributed by atoms with Gasteiger partial charge in [-0.05, 0) is 44.4 Å². The molecule has 0 radical (unpaired) electrons. The SMILES string of the molecule is CS(=O)(=O)N[C@H]1CCCN2C(=O)COc3ncncc3C3CCC(CC3)OCC12. The summed E-state index contributed by atoms with van der Waals surface area (Å²) in [6.45, 7) is 0.741. The van der Waals surface area contributed by atoms with Crippen LogP contribution in [0.5, 0.6) is 5.88 Å². The number of sulfonamides is 1. The second kappa shape index (κ2) is 8.53. The van der Waals surface area contributed by atoms with Crippen molar-refractivity contribution in [1.82, 2.24) is 19.6 Å². The number of rotatable bonds is 2. The summed E-state index contributed by atoms with van der Waals surface area (Å²) in [4.78, 5) is 23.1. The van der Waals surface area contributed by atoms with Gasteiger partial charge in [-0.2, -0.15) is 0 Å². The minimum Gasteiger partial charge on any atom is -0.467 e. The number of fused-ring (bicyclic) bond motifs is 5. The quantitative estimate of drug-likeness (QED) is 0.748. The van der Waals surface area contributed by atoms with Gasteiger partial charge in [0.05, 0.1) is 25.0 Å². The zero-order chi connectivity index (χ0) is 20.4. The molecule has 1 N–H and O–H groups in total. The van der Waals surface area contributed by atoms with Crippen molar-refractivity contribution in [2.75, 3.05) is 26.0 Å². The molecule has 9 nitrogen and oxygen atoms in total. The average Bonchev–Trinajstić information content (AvgIpc) is 2.71. The molecule has 2 fully saturated rings. The highest BCUT2D eigenvalue weighted by Crippen LogP contribution is 2.37. The van der Waals surface area contributed by atoms with Gasteiger partial charge in [-0.15, -0.1) is 0 Å². The number of nitrogens with zero attached hydrogens (tertiary/aromatic N) is 3. The Morgan fingerprint density at radius 3 is 2.76 bits per heavy atom. The molecule has 2 bridgehead atoms. The Morgan fingerprint density at radius 2 is 2.00 bits per heavy atom. The number of aromatic nitrogens is 2. The molecule has 3 aliphatic heterocycles. The molecule has 1 amide bonds. The van der Waals surface area contributed by atoms with Crippen molar-refractivity contribution < 1.29 is 22.7 Å². The number of amides is 1. The van der Waals surface area contributed by atoms with E-state index >= 15 is 0 Å². The predicted octanol–water partition coefficient (Wildman–Crippen LogP) is 0.821. The van der Waals surface area contributed by atoms with Gasteiger partial charge in [0, 0.05) is 24.3 Å². The average molecular weight is 425 g/mol. The van der Waals surface area contributed by atoms with Gasteiger partial charge >= 0.3 is 0 Å². The second-order valence-corrected chi connectivity index (χ2v) is 9.95. The molecule has 10 heteroatoms. The number of ether oxygens (including phenoxy) is 2. The van der Waals surface area contributed by atoms with Crippen molar-refractivity contribution in [3.05, 3.63) is 18.1 Å². The Labute approximate surface area is 171 Å². The van der Waals surface area contributed by atoms with Gasteiger partial charge in [0.25, 0.3) is 5.91 Å². The van der Waals surface area contributed by atoms with Crippen LogP contribution in [0.1, 0.15) is 50.0 Å². The van der Waals surface area contributed by atoms with E-state index in [-0.39, 0.29) is 30.7 Å². The number of nitrogens with one attached hydrogen (secondary N) is 1. The zero-order valence-electron chi connectivity index (χ0n) is 16.6. The fourth-order valence-electron chi connectivity index (χ4n) is 4.70. The van der Waals surface area contributed by atoms with E-state index in [0.29, 0.717) is 31.4 Å². The number of piperidine rings is 1. The van der Waals surface area contributed by atoms with Crippen molar-refractivity contribution in [2.45, 2.75) is 62.6 Å². The van der Waals surface area contributed by atoms with Crippen LogP contribution in [0.4, 0.5) is 0 Å². The Hall–Kier alpha value is -1.78. The van der Waals surface area contributed by atoms with E-state index in [4.69, 9.17) is 9.47 Å². The molecule has 160 valence electrons. The number of hydrogen-bond acceptors (Lipinski definition) is 7. The first-order chi connectivity index (χ1) is 13.9. The normalized spacial score (nSPS) is 30.9. The monoisotopic (exact) mass is 424 g/mol. The third-order valence-electron chi connectivity index (χ3n) is 6.12. The number of carbonyl (C=O) groups is 1. The van der Waals surface area contributed by atoms with Crippen molar-refractivity contribution in [2.24, 2.45) is 0 Å².